The smallest absolute Gasteiger partial charge is 0.238 e. The lowest BCUT2D eigenvalue weighted by Crippen LogP contribution is -2.06. The quantitative estimate of drug-likeness (QED) is 0.212. The summed E-state index contributed by atoms with van der Waals surface area (Å²) in [5.41, 5.74) is 4.82. The maximum Gasteiger partial charge on any atom is 0.238 e. The van der Waals surface area contributed by atoms with Gasteiger partial charge in [-0.05, 0) is 29.0 Å². The third-order valence-electron chi connectivity index (χ3n) is 7.99. The molecule has 0 atom stereocenters. The van der Waals surface area contributed by atoms with E-state index in [0.717, 1.165) is 38.3 Å². The number of fused-ring (bicyclic) bond motifs is 6. The molecule has 0 radical (unpaired) electrons. The zero-order valence-electron chi connectivity index (χ0n) is 23.3. The average molecular weight is 567 g/mol. The SMILES string of the molecule is c1ccc(-c2nc(-c3ccccc3)nc(-c3nc(-n4c5ccccc5c5c6ccccc6ccc54)nc4occc34)n2)cc1. The highest BCUT2D eigenvalue weighted by molar-refractivity contribution is 6.21. The topological polar surface area (TPSA) is 82.5 Å². The average Bonchev–Trinajstić information content (AvgIpc) is 3.71. The van der Waals surface area contributed by atoms with Crippen molar-refractivity contribution in [3.63, 3.8) is 0 Å². The normalized spacial score (nSPS) is 11.6. The lowest BCUT2D eigenvalue weighted by atomic mass is 10.0. The molecule has 0 aliphatic rings. The molecule has 0 spiro atoms. The van der Waals surface area contributed by atoms with Crippen molar-refractivity contribution in [1.82, 2.24) is 29.5 Å². The van der Waals surface area contributed by atoms with Gasteiger partial charge >= 0.3 is 0 Å². The molecule has 4 aromatic heterocycles. The second-order valence-corrected chi connectivity index (χ2v) is 10.6. The van der Waals surface area contributed by atoms with Crippen LogP contribution in [0.4, 0.5) is 0 Å². The fourth-order valence-electron chi connectivity index (χ4n) is 5.98. The molecule has 0 unspecified atom stereocenters. The van der Waals surface area contributed by atoms with Gasteiger partial charge in [0.15, 0.2) is 17.5 Å². The van der Waals surface area contributed by atoms with E-state index in [1.807, 2.05) is 72.8 Å². The van der Waals surface area contributed by atoms with E-state index < -0.39 is 0 Å². The van der Waals surface area contributed by atoms with Crippen molar-refractivity contribution in [1.29, 1.82) is 0 Å². The molecule has 44 heavy (non-hydrogen) atoms. The molecule has 0 aliphatic carbocycles. The molecule has 0 aliphatic heterocycles. The van der Waals surface area contributed by atoms with Gasteiger partial charge in [-0.3, -0.25) is 4.57 Å². The Morgan fingerprint density at radius 3 is 1.84 bits per heavy atom. The predicted molar refractivity (Wildman–Crippen MR) is 173 cm³/mol. The lowest BCUT2D eigenvalue weighted by molar-refractivity contribution is 0.601. The van der Waals surface area contributed by atoms with Crippen LogP contribution in [0.5, 0.6) is 0 Å². The molecule has 9 aromatic rings. The first-order valence-electron chi connectivity index (χ1n) is 14.4. The van der Waals surface area contributed by atoms with Crippen LogP contribution in [0.2, 0.25) is 0 Å². The highest BCUT2D eigenvalue weighted by Crippen LogP contribution is 2.37. The van der Waals surface area contributed by atoms with E-state index in [1.165, 1.54) is 10.8 Å². The highest BCUT2D eigenvalue weighted by atomic mass is 16.3. The molecular weight excluding hydrogens is 544 g/mol. The Morgan fingerprint density at radius 1 is 0.455 bits per heavy atom. The van der Waals surface area contributed by atoms with E-state index >= 15 is 0 Å². The van der Waals surface area contributed by atoms with Gasteiger partial charge in [0.05, 0.1) is 22.7 Å². The van der Waals surface area contributed by atoms with Crippen molar-refractivity contribution in [2.75, 3.05) is 0 Å². The molecule has 7 heteroatoms. The van der Waals surface area contributed by atoms with Crippen molar-refractivity contribution in [3.05, 3.63) is 134 Å². The third kappa shape index (κ3) is 3.80. The molecular formula is C37H22N6O. The van der Waals surface area contributed by atoms with Gasteiger partial charge in [0.1, 0.15) is 5.69 Å². The maximum atomic E-state index is 5.91. The Morgan fingerprint density at radius 2 is 1.09 bits per heavy atom. The number of aromatic nitrogens is 6. The van der Waals surface area contributed by atoms with Crippen LogP contribution in [0.3, 0.4) is 0 Å². The number of hydrogen-bond donors (Lipinski definition) is 0. The van der Waals surface area contributed by atoms with E-state index in [-0.39, 0.29) is 0 Å². The Balaban J connectivity index is 1.34. The second kappa shape index (κ2) is 9.68. The standard InChI is InChI=1S/C37H22N6O/c1-3-12-24(13-4-1)33-39-34(25-14-5-2-6-15-25)41-35(40-33)32-28-21-22-44-36(28)42-37(38-32)43-29-18-10-9-17-27(29)31-26-16-8-7-11-23(26)19-20-30(31)43/h1-22H. The number of nitrogens with zero attached hydrogens (tertiary/aromatic N) is 6. The highest BCUT2D eigenvalue weighted by Gasteiger charge is 2.22. The molecule has 0 bridgehead atoms. The van der Waals surface area contributed by atoms with Crippen molar-refractivity contribution < 1.29 is 4.42 Å². The molecule has 0 fully saturated rings. The predicted octanol–water partition coefficient (Wildman–Crippen LogP) is 8.66. The molecule has 4 heterocycles. The number of rotatable bonds is 4. The Labute approximate surface area is 251 Å². The van der Waals surface area contributed by atoms with E-state index in [1.54, 1.807) is 6.26 Å². The van der Waals surface area contributed by atoms with Gasteiger partial charge in [-0.2, -0.15) is 4.98 Å². The van der Waals surface area contributed by atoms with Gasteiger partial charge in [-0.15, -0.1) is 0 Å². The van der Waals surface area contributed by atoms with Crippen LogP contribution in [0.1, 0.15) is 0 Å². The van der Waals surface area contributed by atoms with E-state index in [9.17, 15) is 0 Å². The molecule has 0 N–H and O–H groups in total. The van der Waals surface area contributed by atoms with Crippen LogP contribution in [-0.2, 0) is 0 Å². The summed E-state index contributed by atoms with van der Waals surface area (Å²) in [5.74, 6) is 2.05. The fraction of sp³-hybridized carbons (Fsp3) is 0. The van der Waals surface area contributed by atoms with Crippen molar-refractivity contribution in [2.24, 2.45) is 0 Å². The second-order valence-electron chi connectivity index (χ2n) is 10.6. The number of furan rings is 1. The van der Waals surface area contributed by atoms with E-state index in [4.69, 9.17) is 29.3 Å². The van der Waals surface area contributed by atoms with Crippen LogP contribution in [0, 0.1) is 0 Å². The summed E-state index contributed by atoms with van der Waals surface area (Å²) < 4.78 is 8.00. The molecule has 0 saturated heterocycles. The van der Waals surface area contributed by atoms with E-state index in [2.05, 4.69) is 59.2 Å². The number of benzene rings is 5. The summed E-state index contributed by atoms with van der Waals surface area (Å²) in [6.45, 7) is 0. The van der Waals surface area contributed by atoms with Crippen molar-refractivity contribution in [2.45, 2.75) is 0 Å². The number of hydrogen-bond acceptors (Lipinski definition) is 6. The van der Waals surface area contributed by atoms with Crippen LogP contribution in [0.25, 0.3) is 83.9 Å². The van der Waals surface area contributed by atoms with Gasteiger partial charge < -0.3 is 4.42 Å². The Hall–Kier alpha value is -6.21. The minimum atomic E-state index is 0.443. The van der Waals surface area contributed by atoms with Crippen molar-refractivity contribution >= 4 is 43.7 Å². The monoisotopic (exact) mass is 566 g/mol. The Bertz CT molecular complexity index is 2440. The van der Waals surface area contributed by atoms with Crippen LogP contribution >= 0.6 is 0 Å². The fourth-order valence-corrected chi connectivity index (χ4v) is 5.98. The number of para-hydroxylation sites is 1. The summed E-state index contributed by atoms with van der Waals surface area (Å²) in [4.78, 5) is 24.9. The molecule has 5 aromatic carbocycles. The van der Waals surface area contributed by atoms with Gasteiger partial charge in [0.2, 0.25) is 11.7 Å². The van der Waals surface area contributed by atoms with Gasteiger partial charge in [0.25, 0.3) is 0 Å². The summed E-state index contributed by atoms with van der Waals surface area (Å²) in [7, 11) is 0. The molecule has 0 amide bonds. The Kier molecular flexibility index (Phi) is 5.36. The minimum absolute atomic E-state index is 0.443. The summed E-state index contributed by atoms with van der Waals surface area (Å²) in [6, 6.07) is 42.8. The molecule has 9 rings (SSSR count). The van der Waals surface area contributed by atoms with Crippen LogP contribution in [0.15, 0.2) is 138 Å². The maximum absolute atomic E-state index is 5.91. The van der Waals surface area contributed by atoms with E-state index in [0.29, 0.717) is 34.8 Å². The van der Waals surface area contributed by atoms with Crippen LogP contribution in [-0.4, -0.2) is 29.5 Å². The van der Waals surface area contributed by atoms with Crippen LogP contribution < -0.4 is 0 Å². The largest absolute Gasteiger partial charge is 0.446 e. The van der Waals surface area contributed by atoms with Crippen molar-refractivity contribution in [3.8, 4) is 40.2 Å². The summed E-state index contributed by atoms with van der Waals surface area (Å²) in [5, 5.41) is 5.36. The molecule has 0 saturated carbocycles. The zero-order chi connectivity index (χ0) is 29.0. The first-order chi connectivity index (χ1) is 21.8. The minimum Gasteiger partial charge on any atom is -0.446 e. The third-order valence-corrected chi connectivity index (χ3v) is 7.99. The first-order valence-corrected chi connectivity index (χ1v) is 14.4. The lowest BCUT2D eigenvalue weighted by Gasteiger charge is -2.11. The zero-order valence-corrected chi connectivity index (χ0v) is 23.3. The summed E-state index contributed by atoms with van der Waals surface area (Å²) >= 11 is 0. The first kappa shape index (κ1) is 24.4. The molecule has 7 nitrogen and oxygen atoms in total. The summed E-state index contributed by atoms with van der Waals surface area (Å²) in [6.07, 6.45) is 1.63. The molecule has 206 valence electrons. The van der Waals surface area contributed by atoms with Gasteiger partial charge in [-0.1, -0.05) is 109 Å². The van der Waals surface area contributed by atoms with Gasteiger partial charge in [-0.25, -0.2) is 19.9 Å². The van der Waals surface area contributed by atoms with Gasteiger partial charge in [0, 0.05) is 21.9 Å².